The number of fused-ring (bicyclic) bond motifs is 3. The molecule has 2 aliphatic rings. The molecule has 0 bridgehead atoms. The fourth-order valence-corrected chi connectivity index (χ4v) is 3.06. The molecule has 2 heterocycles. The van der Waals surface area contributed by atoms with Crippen molar-refractivity contribution in [1.82, 2.24) is 0 Å². The van der Waals surface area contributed by atoms with Crippen molar-refractivity contribution in [3.63, 3.8) is 0 Å². The Bertz CT molecular complexity index is 592. The first-order chi connectivity index (χ1) is 7.95. The minimum atomic E-state index is 0.481. The van der Waals surface area contributed by atoms with Gasteiger partial charge in [0.1, 0.15) is 0 Å². The zero-order valence-corrected chi connectivity index (χ0v) is 9.06. The molecular formula is C15H13N. The molecule has 0 saturated heterocycles. The second-order valence-corrected chi connectivity index (χ2v) is 4.58. The van der Waals surface area contributed by atoms with E-state index in [0.29, 0.717) is 6.04 Å². The smallest absolute Gasteiger partial charge is 0.0733 e. The number of nitrogens with zero attached hydrogens (tertiary/aromatic N) is 1. The largest absolute Gasteiger partial charge is 0.360 e. The second-order valence-electron chi connectivity index (χ2n) is 4.58. The summed E-state index contributed by atoms with van der Waals surface area (Å²) in [5, 5.41) is 2.83. The Morgan fingerprint density at radius 2 is 1.94 bits per heavy atom. The lowest BCUT2D eigenvalue weighted by Gasteiger charge is -2.28. The van der Waals surface area contributed by atoms with Gasteiger partial charge >= 0.3 is 0 Å². The van der Waals surface area contributed by atoms with Gasteiger partial charge in [-0.25, -0.2) is 0 Å². The summed E-state index contributed by atoms with van der Waals surface area (Å²) < 4.78 is 0. The van der Waals surface area contributed by atoms with Crippen molar-refractivity contribution in [3.8, 4) is 0 Å². The minimum absolute atomic E-state index is 0.481. The quantitative estimate of drug-likeness (QED) is 0.596. The van der Waals surface area contributed by atoms with Crippen molar-refractivity contribution >= 4 is 16.5 Å². The molecule has 2 aromatic rings. The molecule has 1 heteroatoms. The molecule has 1 atom stereocenters. The van der Waals surface area contributed by atoms with E-state index in [-0.39, 0.29) is 0 Å². The standard InChI is InChI=1S/C15H13N/c1-2-10-16-13(8-1)12-7-3-5-11-6-4-9-14(16)15(11)12/h1,3-9,13H,2,10H2. The maximum atomic E-state index is 2.53. The van der Waals surface area contributed by atoms with Crippen LogP contribution in [0.4, 0.5) is 5.69 Å². The third kappa shape index (κ3) is 0.909. The van der Waals surface area contributed by atoms with E-state index in [1.807, 2.05) is 0 Å². The molecule has 0 aliphatic carbocycles. The first-order valence-electron chi connectivity index (χ1n) is 5.90. The van der Waals surface area contributed by atoms with Crippen LogP contribution in [0.1, 0.15) is 18.0 Å². The second kappa shape index (κ2) is 2.88. The van der Waals surface area contributed by atoms with E-state index in [1.54, 1.807) is 0 Å². The van der Waals surface area contributed by atoms with Crippen molar-refractivity contribution in [2.45, 2.75) is 12.5 Å². The predicted octanol–water partition coefficient (Wildman–Crippen LogP) is 3.66. The molecule has 2 aliphatic heterocycles. The zero-order chi connectivity index (χ0) is 10.5. The lowest BCUT2D eigenvalue weighted by molar-refractivity contribution is 0.715. The van der Waals surface area contributed by atoms with Crippen molar-refractivity contribution < 1.29 is 0 Å². The lowest BCUT2D eigenvalue weighted by atomic mass is 10.0. The lowest BCUT2D eigenvalue weighted by Crippen LogP contribution is -2.26. The van der Waals surface area contributed by atoms with Gasteiger partial charge in [0.25, 0.3) is 0 Å². The van der Waals surface area contributed by atoms with Crippen LogP contribution in [0.25, 0.3) is 10.8 Å². The van der Waals surface area contributed by atoms with Crippen LogP contribution in [0, 0.1) is 0 Å². The van der Waals surface area contributed by atoms with Crippen molar-refractivity contribution in [1.29, 1.82) is 0 Å². The maximum absolute atomic E-state index is 2.53. The zero-order valence-electron chi connectivity index (χ0n) is 9.06. The molecule has 0 saturated carbocycles. The normalized spacial score (nSPS) is 21.5. The highest BCUT2D eigenvalue weighted by Gasteiger charge is 2.30. The van der Waals surface area contributed by atoms with Gasteiger partial charge in [-0.1, -0.05) is 42.5 Å². The van der Waals surface area contributed by atoms with Gasteiger partial charge in [0.05, 0.1) is 6.04 Å². The summed E-state index contributed by atoms with van der Waals surface area (Å²) in [6.45, 7) is 1.15. The van der Waals surface area contributed by atoms with Crippen LogP contribution in [-0.2, 0) is 0 Å². The van der Waals surface area contributed by atoms with E-state index in [4.69, 9.17) is 0 Å². The van der Waals surface area contributed by atoms with E-state index in [0.717, 1.165) is 6.54 Å². The third-order valence-corrected chi connectivity index (χ3v) is 3.73. The first kappa shape index (κ1) is 8.40. The molecule has 0 spiro atoms. The summed E-state index contributed by atoms with van der Waals surface area (Å²) >= 11 is 0. The van der Waals surface area contributed by atoms with Crippen LogP contribution in [0.15, 0.2) is 48.6 Å². The molecule has 0 radical (unpaired) electrons. The fourth-order valence-electron chi connectivity index (χ4n) is 3.06. The Morgan fingerprint density at radius 1 is 1.06 bits per heavy atom. The monoisotopic (exact) mass is 207 g/mol. The predicted molar refractivity (Wildman–Crippen MR) is 67.8 cm³/mol. The van der Waals surface area contributed by atoms with E-state index in [2.05, 4.69) is 53.5 Å². The molecule has 1 nitrogen and oxygen atoms in total. The summed E-state index contributed by atoms with van der Waals surface area (Å²) in [5.41, 5.74) is 2.89. The molecule has 0 N–H and O–H groups in total. The van der Waals surface area contributed by atoms with Gasteiger partial charge < -0.3 is 4.90 Å². The molecule has 78 valence electrons. The summed E-state index contributed by atoms with van der Waals surface area (Å²) in [4.78, 5) is 2.53. The van der Waals surface area contributed by atoms with Crippen LogP contribution in [0.5, 0.6) is 0 Å². The van der Waals surface area contributed by atoms with Crippen molar-refractivity contribution in [2.24, 2.45) is 0 Å². The number of hydrogen-bond donors (Lipinski definition) is 0. The Kier molecular flexibility index (Phi) is 1.51. The number of benzene rings is 2. The summed E-state index contributed by atoms with van der Waals surface area (Å²) in [6, 6.07) is 13.8. The minimum Gasteiger partial charge on any atom is -0.360 e. The topological polar surface area (TPSA) is 3.24 Å². The number of hydrogen-bond acceptors (Lipinski definition) is 1. The Morgan fingerprint density at radius 3 is 2.88 bits per heavy atom. The average Bonchev–Trinajstić information content (AvgIpc) is 2.68. The first-order valence-corrected chi connectivity index (χ1v) is 5.90. The molecule has 4 rings (SSSR count). The third-order valence-electron chi connectivity index (χ3n) is 3.73. The number of rotatable bonds is 0. The Balaban J connectivity index is 2.12. The van der Waals surface area contributed by atoms with Crippen LogP contribution < -0.4 is 4.90 Å². The summed E-state index contributed by atoms with van der Waals surface area (Å²) in [5.74, 6) is 0. The SMILES string of the molecule is C1=CC2c3cccc4cccc(c34)N2CC1. The summed E-state index contributed by atoms with van der Waals surface area (Å²) in [7, 11) is 0. The van der Waals surface area contributed by atoms with E-state index >= 15 is 0 Å². The van der Waals surface area contributed by atoms with Gasteiger partial charge in [0.15, 0.2) is 0 Å². The van der Waals surface area contributed by atoms with Crippen molar-refractivity contribution in [3.05, 3.63) is 54.1 Å². The van der Waals surface area contributed by atoms with E-state index in [9.17, 15) is 0 Å². The van der Waals surface area contributed by atoms with Gasteiger partial charge in [-0.3, -0.25) is 0 Å². The van der Waals surface area contributed by atoms with Gasteiger partial charge in [-0.05, 0) is 23.4 Å². The van der Waals surface area contributed by atoms with Gasteiger partial charge in [-0.2, -0.15) is 0 Å². The molecule has 0 amide bonds. The molecule has 0 aromatic heterocycles. The average molecular weight is 207 g/mol. The highest BCUT2D eigenvalue weighted by Crippen LogP contribution is 2.45. The molecule has 0 fully saturated rings. The highest BCUT2D eigenvalue weighted by atomic mass is 15.2. The van der Waals surface area contributed by atoms with E-state index < -0.39 is 0 Å². The van der Waals surface area contributed by atoms with Crippen molar-refractivity contribution in [2.75, 3.05) is 11.4 Å². The van der Waals surface area contributed by atoms with Gasteiger partial charge in [0.2, 0.25) is 0 Å². The fraction of sp³-hybridized carbons (Fsp3) is 0.200. The van der Waals surface area contributed by atoms with Crippen LogP contribution >= 0.6 is 0 Å². The summed E-state index contributed by atoms with van der Waals surface area (Å²) in [6.07, 6.45) is 5.82. The molecular weight excluding hydrogens is 194 g/mol. The van der Waals surface area contributed by atoms with Crippen LogP contribution in [0.3, 0.4) is 0 Å². The molecule has 2 aromatic carbocycles. The van der Waals surface area contributed by atoms with Gasteiger partial charge in [-0.15, -0.1) is 0 Å². The highest BCUT2D eigenvalue weighted by molar-refractivity contribution is 6.01. The Labute approximate surface area is 95.0 Å². The van der Waals surface area contributed by atoms with Crippen LogP contribution in [-0.4, -0.2) is 6.54 Å². The van der Waals surface area contributed by atoms with Crippen LogP contribution in [0.2, 0.25) is 0 Å². The molecule has 16 heavy (non-hydrogen) atoms. The number of anilines is 1. The van der Waals surface area contributed by atoms with E-state index in [1.165, 1.54) is 28.4 Å². The maximum Gasteiger partial charge on any atom is 0.0733 e. The molecule has 1 unspecified atom stereocenters. The Hall–Kier alpha value is -1.76. The van der Waals surface area contributed by atoms with Gasteiger partial charge in [0, 0.05) is 17.6 Å².